The van der Waals surface area contributed by atoms with Crippen molar-refractivity contribution < 1.29 is 14.3 Å². The number of halogens is 1. The summed E-state index contributed by atoms with van der Waals surface area (Å²) in [4.78, 5) is 26.0. The Bertz CT molecular complexity index is 1030. The molecule has 4 rings (SSSR count). The number of para-hydroxylation sites is 2. The summed E-state index contributed by atoms with van der Waals surface area (Å²) in [5.74, 6) is -1.59. The second kappa shape index (κ2) is 7.67. The van der Waals surface area contributed by atoms with Crippen molar-refractivity contribution in [2.24, 2.45) is 11.8 Å². The highest BCUT2D eigenvalue weighted by atomic mass is 79.9. The van der Waals surface area contributed by atoms with Crippen molar-refractivity contribution in [1.82, 2.24) is 0 Å². The topological polar surface area (TPSA) is 67.4 Å². The summed E-state index contributed by atoms with van der Waals surface area (Å²) in [5, 5.41) is 6.99. The largest absolute Gasteiger partial charge is 0.468 e. The number of ketones is 1. The number of ether oxygens (including phenoxy) is 1. The van der Waals surface area contributed by atoms with Crippen LogP contribution in [0.15, 0.2) is 58.2 Å². The Morgan fingerprint density at radius 2 is 1.90 bits per heavy atom. The lowest BCUT2D eigenvalue weighted by molar-refractivity contribution is -0.151. The molecule has 0 bridgehead atoms. The quantitative estimate of drug-likeness (QED) is 0.494. The van der Waals surface area contributed by atoms with E-state index in [1.807, 2.05) is 56.3 Å². The molecule has 2 aliphatic rings. The predicted molar refractivity (Wildman–Crippen MR) is 117 cm³/mol. The first kappa shape index (κ1) is 19.7. The molecule has 0 unspecified atom stereocenters. The van der Waals surface area contributed by atoms with Crippen molar-refractivity contribution in [3.05, 3.63) is 69.3 Å². The van der Waals surface area contributed by atoms with E-state index < -0.39 is 11.9 Å². The fraction of sp³-hybridized carbons (Fsp3) is 0.304. The molecule has 0 fully saturated rings. The van der Waals surface area contributed by atoms with Gasteiger partial charge in [-0.05, 0) is 48.6 Å². The second-order valence-corrected chi connectivity index (χ2v) is 8.55. The van der Waals surface area contributed by atoms with Crippen molar-refractivity contribution >= 4 is 39.1 Å². The lowest BCUT2D eigenvalue weighted by Crippen LogP contribution is -2.39. The van der Waals surface area contributed by atoms with Crippen LogP contribution in [-0.2, 0) is 14.3 Å². The van der Waals surface area contributed by atoms with Crippen LogP contribution >= 0.6 is 15.9 Å². The molecule has 0 saturated heterocycles. The van der Waals surface area contributed by atoms with Crippen molar-refractivity contribution in [3.8, 4) is 0 Å². The Balaban J connectivity index is 1.89. The number of hydrogen-bond donors (Lipinski definition) is 2. The summed E-state index contributed by atoms with van der Waals surface area (Å²) in [7, 11) is 1.33. The van der Waals surface area contributed by atoms with Gasteiger partial charge in [0.2, 0.25) is 0 Å². The molecule has 2 N–H and O–H groups in total. The number of Topliss-reactive ketones (excluding diaryl/α,β-unsaturated/α-hetero) is 1. The third-order valence-corrected chi connectivity index (χ3v) is 6.61. The summed E-state index contributed by atoms with van der Waals surface area (Å²) in [5.41, 5.74) is 5.38. The van der Waals surface area contributed by atoms with Crippen LogP contribution in [0.4, 0.5) is 11.4 Å². The number of anilines is 2. The number of esters is 1. The van der Waals surface area contributed by atoms with Gasteiger partial charge in [-0.15, -0.1) is 0 Å². The van der Waals surface area contributed by atoms with E-state index in [0.29, 0.717) is 12.0 Å². The Hall–Kier alpha value is -2.60. The minimum absolute atomic E-state index is 0.142. The molecular formula is C23H23BrN2O3. The third kappa shape index (κ3) is 3.46. The Morgan fingerprint density at radius 3 is 2.59 bits per heavy atom. The molecule has 2 aromatic rings. The van der Waals surface area contributed by atoms with Gasteiger partial charge in [0.1, 0.15) is 5.92 Å². The first-order valence-electron chi connectivity index (χ1n) is 9.64. The Kier molecular flexibility index (Phi) is 5.21. The van der Waals surface area contributed by atoms with E-state index in [1.165, 1.54) is 7.11 Å². The third-order valence-electron chi connectivity index (χ3n) is 5.75. The summed E-state index contributed by atoms with van der Waals surface area (Å²) in [6, 6.07) is 13.6. The van der Waals surface area contributed by atoms with Crippen LogP contribution in [0.5, 0.6) is 0 Å². The average molecular weight is 455 g/mol. The molecule has 29 heavy (non-hydrogen) atoms. The van der Waals surface area contributed by atoms with Gasteiger partial charge in [-0.1, -0.05) is 47.1 Å². The zero-order valence-corrected chi connectivity index (χ0v) is 18.2. The molecule has 1 aliphatic heterocycles. The van der Waals surface area contributed by atoms with Crippen molar-refractivity contribution in [2.75, 3.05) is 17.7 Å². The molecule has 0 saturated carbocycles. The molecule has 0 radical (unpaired) electrons. The maximum Gasteiger partial charge on any atom is 0.316 e. The van der Waals surface area contributed by atoms with Crippen LogP contribution in [0.1, 0.15) is 30.5 Å². The van der Waals surface area contributed by atoms with E-state index >= 15 is 0 Å². The SMILES string of the molecule is COC(=O)[C@@H]1C(=O)C2=C(C[C@@H]1C)Nc1ccccc1N[C@H]2c1ccc(C)c(Br)c1. The number of carbonyl (C=O) groups excluding carboxylic acids is 2. The normalized spacial score (nSPS) is 23.3. The molecule has 0 spiro atoms. The number of methoxy groups -OCH3 is 1. The molecular weight excluding hydrogens is 432 g/mol. The number of allylic oxidation sites excluding steroid dienone is 1. The van der Waals surface area contributed by atoms with E-state index in [2.05, 4.69) is 26.6 Å². The number of fused-ring (bicyclic) bond motifs is 1. The number of aryl methyl sites for hydroxylation is 1. The van der Waals surface area contributed by atoms with Crippen LogP contribution in [0.2, 0.25) is 0 Å². The summed E-state index contributed by atoms with van der Waals surface area (Å²) in [6.07, 6.45) is 0.598. The lowest BCUT2D eigenvalue weighted by atomic mass is 9.75. The van der Waals surface area contributed by atoms with Gasteiger partial charge in [-0.3, -0.25) is 9.59 Å². The van der Waals surface area contributed by atoms with E-state index in [-0.39, 0.29) is 17.7 Å². The fourth-order valence-electron chi connectivity index (χ4n) is 4.17. The minimum atomic E-state index is -0.792. The van der Waals surface area contributed by atoms with Crippen LogP contribution in [-0.4, -0.2) is 18.9 Å². The molecule has 0 amide bonds. The maximum atomic E-state index is 13.6. The monoisotopic (exact) mass is 454 g/mol. The van der Waals surface area contributed by atoms with Gasteiger partial charge in [0.05, 0.1) is 24.5 Å². The first-order chi connectivity index (χ1) is 13.9. The van der Waals surface area contributed by atoms with E-state index in [0.717, 1.165) is 32.7 Å². The number of benzene rings is 2. The van der Waals surface area contributed by atoms with Gasteiger partial charge in [-0.2, -0.15) is 0 Å². The Morgan fingerprint density at radius 1 is 1.17 bits per heavy atom. The standard InChI is InChI=1S/C23H23BrN2O3/c1-12-8-9-14(11-15(12)24)21-20-18(25-16-6-4-5-7-17(16)26-21)10-13(2)19(22(20)27)23(28)29-3/h4-9,11,13,19,21,25-26H,10H2,1-3H3/t13-,19-,21-/m0/s1. The molecule has 150 valence electrons. The highest BCUT2D eigenvalue weighted by Gasteiger charge is 2.44. The van der Waals surface area contributed by atoms with Crippen molar-refractivity contribution in [1.29, 1.82) is 0 Å². The van der Waals surface area contributed by atoms with Crippen LogP contribution in [0.3, 0.4) is 0 Å². The number of nitrogens with one attached hydrogen (secondary N) is 2. The number of hydrogen-bond acceptors (Lipinski definition) is 5. The second-order valence-electron chi connectivity index (χ2n) is 7.70. The van der Waals surface area contributed by atoms with Crippen LogP contribution in [0.25, 0.3) is 0 Å². The molecule has 3 atom stereocenters. The molecule has 5 nitrogen and oxygen atoms in total. The number of carbonyl (C=O) groups is 2. The zero-order valence-electron chi connectivity index (χ0n) is 16.6. The highest BCUT2D eigenvalue weighted by molar-refractivity contribution is 9.10. The molecule has 6 heteroatoms. The summed E-state index contributed by atoms with van der Waals surface area (Å²) >= 11 is 3.60. The van der Waals surface area contributed by atoms with Gasteiger partial charge >= 0.3 is 5.97 Å². The molecule has 1 heterocycles. The highest BCUT2D eigenvalue weighted by Crippen LogP contribution is 2.44. The zero-order chi connectivity index (χ0) is 20.7. The van der Waals surface area contributed by atoms with E-state index in [9.17, 15) is 9.59 Å². The first-order valence-corrected chi connectivity index (χ1v) is 10.4. The minimum Gasteiger partial charge on any atom is -0.468 e. The summed E-state index contributed by atoms with van der Waals surface area (Å²) in [6.45, 7) is 3.95. The van der Waals surface area contributed by atoms with E-state index in [1.54, 1.807) is 0 Å². The Labute approximate surface area is 178 Å². The smallest absolute Gasteiger partial charge is 0.316 e. The average Bonchev–Trinajstić information content (AvgIpc) is 2.86. The van der Waals surface area contributed by atoms with Gasteiger partial charge in [0.15, 0.2) is 5.78 Å². The van der Waals surface area contributed by atoms with Gasteiger partial charge < -0.3 is 15.4 Å². The van der Waals surface area contributed by atoms with Gasteiger partial charge in [0, 0.05) is 15.7 Å². The van der Waals surface area contributed by atoms with Crippen LogP contribution in [0, 0.1) is 18.8 Å². The van der Waals surface area contributed by atoms with Gasteiger partial charge in [0.25, 0.3) is 0 Å². The molecule has 1 aliphatic carbocycles. The number of rotatable bonds is 2. The van der Waals surface area contributed by atoms with Crippen LogP contribution < -0.4 is 10.6 Å². The van der Waals surface area contributed by atoms with Crippen molar-refractivity contribution in [2.45, 2.75) is 26.3 Å². The summed E-state index contributed by atoms with van der Waals surface area (Å²) < 4.78 is 5.93. The lowest BCUT2D eigenvalue weighted by Gasteiger charge is -2.32. The maximum absolute atomic E-state index is 13.6. The molecule has 0 aromatic heterocycles. The molecule has 2 aromatic carbocycles. The fourth-order valence-corrected chi connectivity index (χ4v) is 4.57. The van der Waals surface area contributed by atoms with E-state index in [4.69, 9.17) is 4.74 Å². The van der Waals surface area contributed by atoms with Crippen molar-refractivity contribution in [3.63, 3.8) is 0 Å². The predicted octanol–water partition coefficient (Wildman–Crippen LogP) is 4.99. The van der Waals surface area contributed by atoms with Gasteiger partial charge in [-0.25, -0.2) is 0 Å².